The third kappa shape index (κ3) is 2.37. The van der Waals surface area contributed by atoms with E-state index in [9.17, 15) is 4.39 Å². The van der Waals surface area contributed by atoms with Gasteiger partial charge in [-0.15, -0.1) is 0 Å². The molecule has 4 rings (SSSR count). The van der Waals surface area contributed by atoms with Crippen molar-refractivity contribution in [2.24, 2.45) is 0 Å². The van der Waals surface area contributed by atoms with Gasteiger partial charge in [0.1, 0.15) is 18.0 Å². The van der Waals surface area contributed by atoms with Crippen molar-refractivity contribution in [3.05, 3.63) is 30.3 Å². The number of nitrogens with zero attached hydrogens (tertiary/aromatic N) is 3. The van der Waals surface area contributed by atoms with Crippen LogP contribution in [0.15, 0.2) is 24.5 Å². The van der Waals surface area contributed by atoms with Crippen molar-refractivity contribution >= 4 is 28.5 Å². The Bertz CT molecular complexity index is 661. The number of anilines is 1. The molecule has 1 aliphatic heterocycles. The molecule has 0 bridgehead atoms. The van der Waals surface area contributed by atoms with E-state index in [1.807, 2.05) is 0 Å². The highest BCUT2D eigenvalue weighted by Gasteiger charge is 2.35. The van der Waals surface area contributed by atoms with E-state index in [4.69, 9.17) is 0 Å². The van der Waals surface area contributed by atoms with Gasteiger partial charge in [-0.3, -0.25) is 0 Å². The lowest BCUT2D eigenvalue weighted by atomic mass is 9.93. The van der Waals surface area contributed by atoms with Crippen molar-refractivity contribution in [3.63, 3.8) is 0 Å². The lowest BCUT2D eigenvalue weighted by Crippen LogP contribution is -2.49. The Morgan fingerprint density at radius 1 is 1.19 bits per heavy atom. The number of hydrogen-bond donors (Lipinski definition) is 0. The summed E-state index contributed by atoms with van der Waals surface area (Å²) in [5, 5.41) is 1.54. The molecule has 21 heavy (non-hydrogen) atoms. The minimum absolute atomic E-state index is 0.217. The van der Waals surface area contributed by atoms with E-state index in [2.05, 4.69) is 26.6 Å². The largest absolute Gasteiger partial charge is 0.351 e. The van der Waals surface area contributed by atoms with E-state index in [0.717, 1.165) is 29.0 Å². The summed E-state index contributed by atoms with van der Waals surface area (Å²) in [6.07, 6.45) is 6.74. The minimum atomic E-state index is -0.217. The number of halogens is 1. The average Bonchev–Trinajstić information content (AvgIpc) is 2.54. The number of aromatic nitrogens is 2. The summed E-state index contributed by atoms with van der Waals surface area (Å²) in [6.45, 7) is 0.995. The number of thioether (sulfide) groups is 1. The molecule has 1 aromatic carbocycles. The zero-order chi connectivity index (χ0) is 14.2. The van der Waals surface area contributed by atoms with Gasteiger partial charge in [-0.2, -0.15) is 11.8 Å². The van der Waals surface area contributed by atoms with Gasteiger partial charge in [-0.1, -0.05) is 12.8 Å². The predicted octanol–water partition coefficient (Wildman–Crippen LogP) is 3.63. The van der Waals surface area contributed by atoms with Gasteiger partial charge in [-0.05, 0) is 31.0 Å². The minimum Gasteiger partial charge on any atom is -0.351 e. The lowest BCUT2D eigenvalue weighted by Gasteiger charge is -2.44. The highest BCUT2D eigenvalue weighted by atomic mass is 32.2. The fourth-order valence-corrected chi connectivity index (χ4v) is 5.05. The first-order valence-electron chi connectivity index (χ1n) is 7.61. The van der Waals surface area contributed by atoms with Gasteiger partial charge in [0.25, 0.3) is 0 Å². The maximum absolute atomic E-state index is 13.6. The molecular formula is C16H18FN3S. The molecule has 1 saturated heterocycles. The Labute approximate surface area is 128 Å². The summed E-state index contributed by atoms with van der Waals surface area (Å²) < 4.78 is 13.6. The van der Waals surface area contributed by atoms with Gasteiger partial charge in [0, 0.05) is 29.0 Å². The van der Waals surface area contributed by atoms with E-state index in [-0.39, 0.29) is 5.82 Å². The molecule has 1 aromatic heterocycles. The number of hydrogen-bond acceptors (Lipinski definition) is 4. The molecule has 0 amide bonds. The molecule has 1 saturated carbocycles. The molecule has 2 unspecified atom stereocenters. The molecule has 0 N–H and O–H groups in total. The molecule has 1 aliphatic carbocycles. The summed E-state index contributed by atoms with van der Waals surface area (Å²) in [4.78, 5) is 11.2. The average molecular weight is 303 g/mol. The third-order valence-electron chi connectivity index (χ3n) is 4.58. The van der Waals surface area contributed by atoms with Crippen LogP contribution in [0.5, 0.6) is 0 Å². The number of benzene rings is 1. The van der Waals surface area contributed by atoms with Gasteiger partial charge in [0.05, 0.1) is 5.52 Å². The highest BCUT2D eigenvalue weighted by Crippen LogP contribution is 2.38. The van der Waals surface area contributed by atoms with Crippen LogP contribution in [-0.4, -0.2) is 33.6 Å². The number of rotatable bonds is 1. The number of fused-ring (bicyclic) bond motifs is 2. The summed E-state index contributed by atoms with van der Waals surface area (Å²) in [5.41, 5.74) is 0.826. The second-order valence-electron chi connectivity index (χ2n) is 5.81. The van der Waals surface area contributed by atoms with E-state index >= 15 is 0 Å². The van der Waals surface area contributed by atoms with Crippen LogP contribution in [0.2, 0.25) is 0 Å². The first-order chi connectivity index (χ1) is 10.3. The topological polar surface area (TPSA) is 29.0 Å². The summed E-state index contributed by atoms with van der Waals surface area (Å²) in [5.74, 6) is 1.82. The van der Waals surface area contributed by atoms with E-state index in [0.29, 0.717) is 11.3 Å². The maximum atomic E-state index is 13.6. The van der Waals surface area contributed by atoms with Crippen LogP contribution >= 0.6 is 11.8 Å². The van der Waals surface area contributed by atoms with Crippen LogP contribution in [0.1, 0.15) is 25.7 Å². The molecular weight excluding hydrogens is 285 g/mol. The first kappa shape index (κ1) is 13.3. The van der Waals surface area contributed by atoms with Gasteiger partial charge in [0.2, 0.25) is 0 Å². The van der Waals surface area contributed by atoms with E-state index in [1.54, 1.807) is 18.5 Å². The van der Waals surface area contributed by atoms with Crippen molar-refractivity contribution in [1.82, 2.24) is 9.97 Å². The molecule has 5 heteroatoms. The van der Waals surface area contributed by atoms with Gasteiger partial charge >= 0.3 is 0 Å². The monoisotopic (exact) mass is 303 g/mol. The zero-order valence-electron chi connectivity index (χ0n) is 11.8. The van der Waals surface area contributed by atoms with Crippen LogP contribution in [-0.2, 0) is 0 Å². The van der Waals surface area contributed by atoms with E-state index in [1.165, 1.54) is 31.7 Å². The van der Waals surface area contributed by atoms with Crippen molar-refractivity contribution in [2.45, 2.75) is 37.0 Å². The third-order valence-corrected chi connectivity index (χ3v) is 5.98. The Morgan fingerprint density at radius 3 is 3.05 bits per heavy atom. The highest BCUT2D eigenvalue weighted by molar-refractivity contribution is 8.00. The molecule has 2 aromatic rings. The molecule has 3 nitrogen and oxygen atoms in total. The molecule has 2 heterocycles. The maximum Gasteiger partial charge on any atom is 0.140 e. The second kappa shape index (κ2) is 5.44. The van der Waals surface area contributed by atoms with E-state index < -0.39 is 0 Å². The standard InChI is InChI=1S/C16H18FN3S/c17-11-5-6-13-12(9-11)16(19-10-18-13)20-7-8-21-15-4-2-1-3-14(15)20/h5-6,9-10,14-15H,1-4,7-8H2. The van der Waals surface area contributed by atoms with Gasteiger partial charge in [-0.25, -0.2) is 14.4 Å². The normalized spacial score (nSPS) is 25.9. The SMILES string of the molecule is Fc1ccc2ncnc(N3CCSC4CCCCC43)c2c1. The van der Waals surface area contributed by atoms with Crippen LogP contribution in [0.4, 0.5) is 10.2 Å². The van der Waals surface area contributed by atoms with Crippen LogP contribution in [0, 0.1) is 5.82 Å². The fraction of sp³-hybridized carbons (Fsp3) is 0.500. The van der Waals surface area contributed by atoms with Crippen molar-refractivity contribution in [2.75, 3.05) is 17.2 Å². The molecule has 2 atom stereocenters. The quantitative estimate of drug-likeness (QED) is 0.804. The van der Waals surface area contributed by atoms with Crippen LogP contribution in [0.25, 0.3) is 10.9 Å². The lowest BCUT2D eigenvalue weighted by molar-refractivity contribution is 0.421. The van der Waals surface area contributed by atoms with Crippen molar-refractivity contribution in [1.29, 1.82) is 0 Å². The van der Waals surface area contributed by atoms with Crippen LogP contribution in [0.3, 0.4) is 0 Å². The molecule has 0 radical (unpaired) electrons. The Balaban J connectivity index is 1.79. The van der Waals surface area contributed by atoms with Crippen molar-refractivity contribution < 1.29 is 4.39 Å². The summed E-state index contributed by atoms with van der Waals surface area (Å²) in [6, 6.07) is 5.32. The fourth-order valence-electron chi connectivity index (χ4n) is 3.60. The molecule has 2 fully saturated rings. The molecule has 110 valence electrons. The molecule has 2 aliphatic rings. The second-order valence-corrected chi connectivity index (χ2v) is 7.16. The zero-order valence-corrected chi connectivity index (χ0v) is 12.7. The summed E-state index contributed by atoms with van der Waals surface area (Å²) in [7, 11) is 0. The smallest absolute Gasteiger partial charge is 0.140 e. The summed E-state index contributed by atoms with van der Waals surface area (Å²) >= 11 is 2.09. The predicted molar refractivity (Wildman–Crippen MR) is 85.3 cm³/mol. The van der Waals surface area contributed by atoms with Crippen molar-refractivity contribution in [3.8, 4) is 0 Å². The Morgan fingerprint density at radius 2 is 2.10 bits per heavy atom. The van der Waals surface area contributed by atoms with Crippen LogP contribution < -0.4 is 4.90 Å². The Kier molecular flexibility index (Phi) is 3.45. The first-order valence-corrected chi connectivity index (χ1v) is 8.66. The Hall–Kier alpha value is -1.36. The van der Waals surface area contributed by atoms with Gasteiger partial charge < -0.3 is 4.90 Å². The van der Waals surface area contributed by atoms with Gasteiger partial charge in [0.15, 0.2) is 0 Å². The molecule has 0 spiro atoms.